The molecule has 0 aliphatic carbocycles. The molecule has 2 N–H and O–H groups in total. The van der Waals surface area contributed by atoms with Gasteiger partial charge < -0.3 is 19.9 Å². The average molecular weight is 387 g/mol. The van der Waals surface area contributed by atoms with E-state index >= 15 is 0 Å². The molecule has 8 nitrogen and oxygen atoms in total. The Bertz CT molecular complexity index is 970. The van der Waals surface area contributed by atoms with Gasteiger partial charge in [-0.05, 0) is 31.4 Å². The summed E-state index contributed by atoms with van der Waals surface area (Å²) in [6, 6.07) is 4.99. The van der Waals surface area contributed by atoms with Gasteiger partial charge in [-0.1, -0.05) is 6.42 Å². The highest BCUT2D eigenvalue weighted by molar-refractivity contribution is 5.82. The van der Waals surface area contributed by atoms with Crippen LogP contribution in [-0.2, 0) is 11.3 Å². The number of anilines is 1. The zero-order chi connectivity index (χ0) is 19.5. The first-order valence-corrected chi connectivity index (χ1v) is 9.27. The summed E-state index contributed by atoms with van der Waals surface area (Å²) in [5, 5.41) is 13.1. The van der Waals surface area contributed by atoms with E-state index in [1.807, 2.05) is 0 Å². The Hall–Kier alpha value is -2.94. The summed E-state index contributed by atoms with van der Waals surface area (Å²) in [5.41, 5.74) is 1.47. The summed E-state index contributed by atoms with van der Waals surface area (Å²) in [6.45, 7) is 0.911. The van der Waals surface area contributed by atoms with Crippen molar-refractivity contribution < 1.29 is 19.0 Å². The maximum Gasteiger partial charge on any atom is 0.312 e. The molecule has 1 atom stereocenters. The van der Waals surface area contributed by atoms with Crippen LogP contribution in [0.15, 0.2) is 24.5 Å². The van der Waals surface area contributed by atoms with Crippen LogP contribution in [0.3, 0.4) is 0 Å². The molecular formula is C19H22FN5O3. The van der Waals surface area contributed by atoms with Gasteiger partial charge in [-0.3, -0.25) is 4.57 Å². The Morgan fingerprint density at radius 1 is 1.32 bits per heavy atom. The first-order valence-electron chi connectivity index (χ1n) is 9.27. The van der Waals surface area contributed by atoms with E-state index in [2.05, 4.69) is 20.3 Å². The van der Waals surface area contributed by atoms with Crippen molar-refractivity contribution in [3.8, 4) is 11.5 Å². The number of phenolic OH excluding ortho intramolecular Hbond substituents is 1. The number of hydrogen-bond donors (Lipinski definition) is 2. The number of phenols is 1. The third-order valence-electron chi connectivity index (χ3n) is 4.85. The second kappa shape index (κ2) is 7.97. The predicted octanol–water partition coefficient (Wildman–Crippen LogP) is 3.38. The molecule has 0 radical (unpaired) electrons. The van der Waals surface area contributed by atoms with Gasteiger partial charge >= 0.3 is 6.08 Å². The minimum Gasteiger partial charge on any atom is -0.507 e. The van der Waals surface area contributed by atoms with Crippen molar-refractivity contribution in [3.05, 3.63) is 36.2 Å². The second-order valence-corrected chi connectivity index (χ2v) is 6.69. The fourth-order valence-electron chi connectivity index (χ4n) is 3.34. The van der Waals surface area contributed by atoms with E-state index < -0.39 is 6.08 Å². The van der Waals surface area contributed by atoms with Crippen LogP contribution in [-0.4, -0.2) is 38.3 Å². The van der Waals surface area contributed by atoms with Gasteiger partial charge in [0.1, 0.15) is 17.7 Å². The molecule has 1 aromatic carbocycles. The molecule has 3 heterocycles. The summed E-state index contributed by atoms with van der Waals surface area (Å²) >= 11 is 0. The lowest BCUT2D eigenvalue weighted by molar-refractivity contribution is 0.00928. The van der Waals surface area contributed by atoms with E-state index in [4.69, 9.17) is 9.47 Å². The number of ether oxygens (including phenoxy) is 2. The average Bonchev–Trinajstić information content (AvgIpc) is 2.93. The Morgan fingerprint density at radius 3 is 3.04 bits per heavy atom. The highest BCUT2D eigenvalue weighted by Crippen LogP contribution is 2.28. The molecule has 1 aliphatic rings. The zero-order valence-corrected chi connectivity index (χ0v) is 15.6. The van der Waals surface area contributed by atoms with Gasteiger partial charge in [-0.25, -0.2) is 4.98 Å². The number of benzene rings is 1. The minimum atomic E-state index is -0.843. The quantitative estimate of drug-likeness (QED) is 0.648. The zero-order valence-electron chi connectivity index (χ0n) is 15.6. The fourth-order valence-corrected chi connectivity index (χ4v) is 3.34. The number of aromatic hydroxyl groups is 1. The van der Waals surface area contributed by atoms with E-state index in [0.717, 1.165) is 25.7 Å². The summed E-state index contributed by atoms with van der Waals surface area (Å²) in [7, 11) is 1.53. The molecule has 1 fully saturated rings. The highest BCUT2D eigenvalue weighted by Gasteiger charge is 2.20. The van der Waals surface area contributed by atoms with Gasteiger partial charge in [0, 0.05) is 24.8 Å². The summed E-state index contributed by atoms with van der Waals surface area (Å²) in [5.74, 6) is 0.902. The number of aromatic nitrogens is 4. The van der Waals surface area contributed by atoms with Crippen molar-refractivity contribution in [3.63, 3.8) is 0 Å². The predicted molar refractivity (Wildman–Crippen MR) is 101 cm³/mol. The number of rotatable bonds is 5. The number of halogens is 1. The normalized spacial score (nSPS) is 17.4. The molecule has 0 saturated carbocycles. The fraction of sp³-hybridized carbons (Fsp3) is 0.421. The van der Waals surface area contributed by atoms with E-state index in [-0.39, 0.29) is 24.3 Å². The van der Waals surface area contributed by atoms with Gasteiger partial charge in [-0.2, -0.15) is 14.4 Å². The molecule has 148 valence electrons. The number of hydrogen-bond acceptors (Lipinski definition) is 7. The Labute approximate surface area is 161 Å². The summed E-state index contributed by atoms with van der Waals surface area (Å²) in [6.07, 6.45) is 4.57. The number of fused-ring (bicyclic) bond motifs is 1. The molecule has 0 bridgehead atoms. The Balaban J connectivity index is 1.61. The van der Waals surface area contributed by atoms with E-state index in [1.54, 1.807) is 23.0 Å². The standard InChI is InChI=1S/C19H22FN5O3/c1-27-13-7-6-12(14(26)9-13)10-21-17-16-18(24-19(20)23-17)25(11-22-16)15-5-3-2-4-8-28-15/h6-7,9,11,15,26H,2-5,8,10H2,1H3,(H,21,23,24). The number of imidazole rings is 1. The lowest BCUT2D eigenvalue weighted by Crippen LogP contribution is -2.12. The Kier molecular flexibility index (Phi) is 5.25. The second-order valence-electron chi connectivity index (χ2n) is 6.69. The van der Waals surface area contributed by atoms with Crippen molar-refractivity contribution in [2.75, 3.05) is 19.0 Å². The molecule has 1 saturated heterocycles. The van der Waals surface area contributed by atoms with Gasteiger partial charge in [0.2, 0.25) is 0 Å². The van der Waals surface area contributed by atoms with Crippen molar-refractivity contribution in [2.24, 2.45) is 0 Å². The van der Waals surface area contributed by atoms with E-state index in [9.17, 15) is 9.50 Å². The number of nitrogens with one attached hydrogen (secondary N) is 1. The monoisotopic (exact) mass is 387 g/mol. The molecule has 1 aliphatic heterocycles. The van der Waals surface area contributed by atoms with Crippen molar-refractivity contribution in [1.29, 1.82) is 0 Å². The molecule has 0 amide bonds. The van der Waals surface area contributed by atoms with Crippen molar-refractivity contribution >= 4 is 17.0 Å². The van der Waals surface area contributed by atoms with E-state index in [0.29, 0.717) is 29.1 Å². The smallest absolute Gasteiger partial charge is 0.312 e. The first kappa shape index (κ1) is 18.4. The molecule has 3 aromatic rings. The summed E-state index contributed by atoms with van der Waals surface area (Å²) in [4.78, 5) is 12.2. The highest BCUT2D eigenvalue weighted by atomic mass is 19.1. The van der Waals surface area contributed by atoms with Crippen LogP contribution in [0, 0.1) is 6.08 Å². The molecule has 2 aromatic heterocycles. The van der Waals surface area contributed by atoms with Crippen LogP contribution in [0.2, 0.25) is 0 Å². The van der Waals surface area contributed by atoms with E-state index in [1.165, 1.54) is 13.2 Å². The van der Waals surface area contributed by atoms with Crippen LogP contribution in [0.4, 0.5) is 10.2 Å². The number of methoxy groups -OCH3 is 1. The molecule has 28 heavy (non-hydrogen) atoms. The maximum atomic E-state index is 14.1. The molecule has 0 spiro atoms. The lowest BCUT2D eigenvalue weighted by atomic mass is 10.2. The SMILES string of the molecule is COc1ccc(CNc2nc(F)nc3c2ncn3C2CCCCCO2)c(O)c1. The van der Waals surface area contributed by atoms with Crippen LogP contribution < -0.4 is 10.1 Å². The Morgan fingerprint density at radius 2 is 2.21 bits per heavy atom. The van der Waals surface area contributed by atoms with Gasteiger partial charge in [0.25, 0.3) is 0 Å². The largest absolute Gasteiger partial charge is 0.507 e. The van der Waals surface area contributed by atoms with Crippen molar-refractivity contribution in [1.82, 2.24) is 19.5 Å². The van der Waals surface area contributed by atoms with Gasteiger partial charge in [0.15, 0.2) is 17.0 Å². The topological polar surface area (TPSA) is 94.3 Å². The van der Waals surface area contributed by atoms with Crippen molar-refractivity contribution in [2.45, 2.75) is 38.5 Å². The molecule has 9 heteroatoms. The van der Waals surface area contributed by atoms with Gasteiger partial charge in [0.05, 0.1) is 13.4 Å². The summed E-state index contributed by atoms with van der Waals surface area (Å²) < 4.78 is 26.8. The molecule has 4 rings (SSSR count). The van der Waals surface area contributed by atoms with Crippen LogP contribution >= 0.6 is 0 Å². The first-order chi connectivity index (χ1) is 13.7. The van der Waals surface area contributed by atoms with Crippen LogP contribution in [0.1, 0.15) is 37.5 Å². The molecular weight excluding hydrogens is 365 g/mol. The minimum absolute atomic E-state index is 0.0787. The maximum absolute atomic E-state index is 14.1. The van der Waals surface area contributed by atoms with Gasteiger partial charge in [-0.15, -0.1) is 0 Å². The number of nitrogens with zero attached hydrogens (tertiary/aromatic N) is 4. The molecule has 1 unspecified atom stereocenters. The van der Waals surface area contributed by atoms with Crippen LogP contribution in [0.25, 0.3) is 11.2 Å². The van der Waals surface area contributed by atoms with Crippen LogP contribution in [0.5, 0.6) is 11.5 Å². The lowest BCUT2D eigenvalue weighted by Gasteiger charge is -2.17. The third-order valence-corrected chi connectivity index (χ3v) is 4.85. The third kappa shape index (κ3) is 3.70.